The highest BCUT2D eigenvalue weighted by Gasteiger charge is 2.38. The Bertz CT molecular complexity index is 2330. The van der Waals surface area contributed by atoms with Gasteiger partial charge in [-0.1, -0.05) is 46.4 Å². The Kier molecular flexibility index (Phi) is 12.1. The maximum absolute atomic E-state index is 13.8. The molecular formula is C32H16Cl4F6N12S2. The van der Waals surface area contributed by atoms with Crippen molar-refractivity contribution in [2.24, 2.45) is 0 Å². The lowest BCUT2D eigenvalue weighted by Gasteiger charge is -2.18. The topological polar surface area (TPSA) is 159 Å². The van der Waals surface area contributed by atoms with Crippen LogP contribution in [0.4, 0.5) is 38.0 Å². The SMILES string of the molecule is N#Cc1c(C(F)(F)F)cc(Cl)c(-n2ncc(SSc3cnn(-c4c(Cl)cc(C(F)(F)F)c(C#N)c4Cl)c3NCc3cnccn3)c2NCc2cnccn2)c1Cl. The highest BCUT2D eigenvalue weighted by molar-refractivity contribution is 8.76. The van der Waals surface area contributed by atoms with Gasteiger partial charge in [0.25, 0.3) is 0 Å². The van der Waals surface area contributed by atoms with Crippen molar-refractivity contribution in [3.8, 4) is 23.5 Å². The van der Waals surface area contributed by atoms with Gasteiger partial charge in [0.1, 0.15) is 35.1 Å². The molecule has 0 spiro atoms. The lowest BCUT2D eigenvalue weighted by atomic mass is 10.1. The number of anilines is 2. The van der Waals surface area contributed by atoms with E-state index in [0.717, 1.165) is 31.0 Å². The molecule has 0 aliphatic heterocycles. The van der Waals surface area contributed by atoms with E-state index in [1.54, 1.807) is 0 Å². The number of halogens is 10. The van der Waals surface area contributed by atoms with Crippen LogP contribution in [0.2, 0.25) is 20.1 Å². The van der Waals surface area contributed by atoms with Gasteiger partial charge in [0.05, 0.1) is 101 Å². The average Bonchev–Trinajstić information content (AvgIpc) is 3.75. The Balaban J connectivity index is 1.43. The predicted molar refractivity (Wildman–Crippen MR) is 197 cm³/mol. The Hall–Kier alpha value is -4.96. The van der Waals surface area contributed by atoms with Crippen molar-refractivity contribution in [3.63, 3.8) is 0 Å². The molecule has 0 fully saturated rings. The number of benzene rings is 2. The van der Waals surface area contributed by atoms with Gasteiger partial charge in [0.2, 0.25) is 0 Å². The predicted octanol–water partition coefficient (Wildman–Crippen LogP) is 10.1. The molecule has 0 saturated heterocycles. The maximum atomic E-state index is 13.8. The fourth-order valence-electron chi connectivity index (χ4n) is 5.00. The van der Waals surface area contributed by atoms with E-state index < -0.39 is 54.7 Å². The van der Waals surface area contributed by atoms with Crippen LogP contribution in [0, 0.1) is 22.7 Å². The molecule has 4 aromatic heterocycles. The van der Waals surface area contributed by atoms with Gasteiger partial charge in [0, 0.05) is 24.8 Å². The maximum Gasteiger partial charge on any atom is 0.417 e. The van der Waals surface area contributed by atoms with Gasteiger partial charge in [-0.2, -0.15) is 47.1 Å². The Labute approximate surface area is 339 Å². The molecule has 0 unspecified atom stereocenters. The lowest BCUT2D eigenvalue weighted by Crippen LogP contribution is -2.13. The van der Waals surface area contributed by atoms with Crippen LogP contribution >= 0.6 is 68.0 Å². The molecule has 286 valence electrons. The first-order chi connectivity index (χ1) is 26.6. The third-order valence-electron chi connectivity index (χ3n) is 7.45. The van der Waals surface area contributed by atoms with Gasteiger partial charge in [-0.3, -0.25) is 19.9 Å². The number of alkyl halides is 6. The van der Waals surface area contributed by atoms with E-state index in [0.29, 0.717) is 33.3 Å². The van der Waals surface area contributed by atoms with Gasteiger partial charge in [-0.15, -0.1) is 0 Å². The number of nitrogens with zero attached hydrogens (tertiary/aromatic N) is 10. The molecule has 4 heterocycles. The molecule has 56 heavy (non-hydrogen) atoms. The number of nitrogens with one attached hydrogen (secondary N) is 2. The smallest absolute Gasteiger partial charge is 0.363 e. The van der Waals surface area contributed by atoms with Crippen molar-refractivity contribution < 1.29 is 26.3 Å². The number of hydrogen-bond acceptors (Lipinski definition) is 12. The van der Waals surface area contributed by atoms with E-state index in [4.69, 9.17) is 46.4 Å². The van der Waals surface area contributed by atoms with Gasteiger partial charge in [-0.05, 0) is 33.7 Å². The second kappa shape index (κ2) is 16.6. The summed E-state index contributed by atoms with van der Waals surface area (Å²) in [4.78, 5) is 17.2. The van der Waals surface area contributed by atoms with Crippen LogP contribution < -0.4 is 10.6 Å². The molecule has 0 radical (unpaired) electrons. The number of aromatic nitrogens is 8. The summed E-state index contributed by atoms with van der Waals surface area (Å²) in [6.07, 6.45) is 1.58. The molecule has 0 saturated carbocycles. The van der Waals surface area contributed by atoms with Crippen molar-refractivity contribution in [3.05, 3.63) is 115 Å². The molecule has 6 aromatic rings. The van der Waals surface area contributed by atoms with E-state index in [-0.39, 0.29) is 36.1 Å². The number of rotatable bonds is 11. The van der Waals surface area contributed by atoms with Crippen LogP contribution in [0.3, 0.4) is 0 Å². The first kappa shape index (κ1) is 40.7. The van der Waals surface area contributed by atoms with Crippen molar-refractivity contribution >= 4 is 79.6 Å². The lowest BCUT2D eigenvalue weighted by molar-refractivity contribution is -0.138. The van der Waals surface area contributed by atoms with E-state index >= 15 is 0 Å². The molecule has 2 aromatic carbocycles. The molecule has 6 rings (SSSR count). The summed E-state index contributed by atoms with van der Waals surface area (Å²) < 4.78 is 85.1. The van der Waals surface area contributed by atoms with Crippen molar-refractivity contribution in [2.75, 3.05) is 10.6 Å². The monoisotopic (exact) mass is 886 g/mol. The Morgan fingerprint density at radius 1 is 0.625 bits per heavy atom. The molecular weight excluding hydrogens is 872 g/mol. The summed E-state index contributed by atoms with van der Waals surface area (Å²) in [5.74, 6) is 0.323. The van der Waals surface area contributed by atoms with E-state index in [2.05, 4.69) is 40.8 Å². The van der Waals surface area contributed by atoms with E-state index in [1.807, 2.05) is 0 Å². The minimum atomic E-state index is -4.94. The van der Waals surface area contributed by atoms with Crippen molar-refractivity contribution in [2.45, 2.75) is 35.2 Å². The molecule has 0 aliphatic rings. The summed E-state index contributed by atoms with van der Waals surface area (Å²) in [6.45, 7) is 0.0709. The van der Waals surface area contributed by atoms with Crippen molar-refractivity contribution in [1.29, 1.82) is 10.5 Å². The molecule has 12 nitrogen and oxygen atoms in total. The van der Waals surface area contributed by atoms with Gasteiger partial charge in [0.15, 0.2) is 0 Å². The highest BCUT2D eigenvalue weighted by atomic mass is 35.5. The standard InChI is InChI=1S/C32H16Cl4F6N12S2/c33-21-5-19(31(37,38)39)17(7-43)25(35)27(21)53-29(49-11-15-9-45-1-3-47-15)23(13-51-53)55-56-24-14-52-54(30(24)50-12-16-10-46-2-4-48-16)28-22(34)6-20(32(40,41)42)18(8-44)26(28)36/h1-6,9-10,13-14,49-50H,11-12H2. The molecule has 0 aliphatic carbocycles. The normalized spacial score (nSPS) is 11.6. The molecule has 2 N–H and O–H groups in total. The van der Waals surface area contributed by atoms with Gasteiger partial charge < -0.3 is 10.6 Å². The van der Waals surface area contributed by atoms with Crippen LogP contribution in [0.1, 0.15) is 33.6 Å². The fourth-order valence-corrected chi connectivity index (χ4v) is 8.43. The summed E-state index contributed by atoms with van der Waals surface area (Å²) in [6, 6.07) is 4.14. The quantitative estimate of drug-likeness (QED) is 0.0938. The van der Waals surface area contributed by atoms with Gasteiger partial charge in [-0.25, -0.2) is 9.36 Å². The number of nitriles is 2. The summed E-state index contributed by atoms with van der Waals surface area (Å²) in [7, 11) is 2.12. The zero-order valence-electron chi connectivity index (χ0n) is 27.3. The Morgan fingerprint density at radius 3 is 1.34 bits per heavy atom. The minimum absolute atomic E-state index is 0.0355. The molecule has 0 atom stereocenters. The van der Waals surface area contributed by atoms with Crippen LogP contribution in [-0.4, -0.2) is 39.5 Å². The highest BCUT2D eigenvalue weighted by Crippen LogP contribution is 2.48. The van der Waals surface area contributed by atoms with E-state index in [1.165, 1.54) is 61.7 Å². The third kappa shape index (κ3) is 8.41. The number of hydrogen-bond donors (Lipinski definition) is 2. The van der Waals surface area contributed by atoms with Crippen molar-refractivity contribution in [1.82, 2.24) is 39.5 Å². The van der Waals surface area contributed by atoms with Crippen LogP contribution in [-0.2, 0) is 25.4 Å². The first-order valence-electron chi connectivity index (χ1n) is 15.1. The summed E-state index contributed by atoms with van der Waals surface area (Å²) in [5.41, 5.74) is -3.94. The molecule has 0 amide bonds. The van der Waals surface area contributed by atoms with E-state index in [9.17, 15) is 36.9 Å². The van der Waals surface area contributed by atoms with Crippen LogP contribution in [0.25, 0.3) is 11.4 Å². The molecule has 24 heteroatoms. The second-order valence-corrected chi connectivity index (χ2v) is 14.7. The fraction of sp³-hybridized carbons (Fsp3) is 0.125. The zero-order chi connectivity index (χ0) is 40.4. The van der Waals surface area contributed by atoms with Gasteiger partial charge >= 0.3 is 12.4 Å². The largest absolute Gasteiger partial charge is 0.417 e. The first-order valence-corrected chi connectivity index (χ1v) is 18.8. The van der Waals surface area contributed by atoms with Crippen LogP contribution in [0.15, 0.2) is 71.5 Å². The average molecular weight is 888 g/mol. The summed E-state index contributed by atoms with van der Waals surface area (Å²) >= 11 is 25.6. The Morgan fingerprint density at radius 2 is 1.02 bits per heavy atom. The zero-order valence-corrected chi connectivity index (χ0v) is 31.9. The minimum Gasteiger partial charge on any atom is -0.363 e. The third-order valence-corrected chi connectivity index (χ3v) is 11.1. The second-order valence-electron chi connectivity index (χ2n) is 10.9. The van der Waals surface area contributed by atoms with Crippen LogP contribution in [0.5, 0.6) is 0 Å². The summed E-state index contributed by atoms with van der Waals surface area (Å²) in [5, 5.41) is 32.1. The molecule has 0 bridgehead atoms.